The average molecular weight is 589 g/mol. The maximum Gasteiger partial charge on any atom is 0.264 e. The van der Waals surface area contributed by atoms with Crippen molar-refractivity contribution in [2.24, 2.45) is 23.2 Å². The van der Waals surface area contributed by atoms with E-state index < -0.39 is 22.0 Å². The predicted molar refractivity (Wildman–Crippen MR) is 159 cm³/mol. The second kappa shape index (κ2) is 11.9. The Labute approximate surface area is 243 Å². The van der Waals surface area contributed by atoms with E-state index in [1.165, 1.54) is 0 Å². The third kappa shape index (κ3) is 6.60. The van der Waals surface area contributed by atoms with Gasteiger partial charge in [0.25, 0.3) is 5.91 Å². The lowest BCUT2D eigenvalue weighted by atomic mass is 9.70. The number of allylic oxidation sites excluding steroid dienone is 4. The minimum Gasteiger partial charge on any atom is -0.490 e. The maximum atomic E-state index is 13.1. The number of aliphatic hydroxyl groups excluding tert-OH is 1. The fraction of sp³-hybridized carbons (Fsp3) is 0.581. The van der Waals surface area contributed by atoms with E-state index in [4.69, 9.17) is 16.3 Å². The molecule has 0 saturated heterocycles. The van der Waals surface area contributed by atoms with Crippen LogP contribution in [-0.2, 0) is 10.0 Å². The summed E-state index contributed by atoms with van der Waals surface area (Å²) in [6.07, 6.45) is 13.4. The molecule has 0 radical (unpaired) electrons. The summed E-state index contributed by atoms with van der Waals surface area (Å²) in [5, 5.41) is 11.8. The summed E-state index contributed by atoms with van der Waals surface area (Å²) in [5.41, 5.74) is 1.83. The highest BCUT2D eigenvalue weighted by Crippen LogP contribution is 2.43. The van der Waals surface area contributed by atoms with Crippen LogP contribution in [-0.4, -0.2) is 51.0 Å². The molecule has 1 amide bonds. The number of hydrogen-bond acceptors (Lipinski definition) is 6. The summed E-state index contributed by atoms with van der Waals surface area (Å²) in [6.45, 7) is 6.08. The fourth-order valence-electron chi connectivity index (χ4n) is 6.48. The number of fused-ring (bicyclic) bond motifs is 3. The van der Waals surface area contributed by atoms with Crippen molar-refractivity contribution in [3.8, 4) is 5.75 Å². The summed E-state index contributed by atoms with van der Waals surface area (Å²) in [6, 6.07) is 5.20. The molecule has 40 heavy (non-hydrogen) atoms. The molecule has 0 spiro atoms. The van der Waals surface area contributed by atoms with Crippen LogP contribution in [0.5, 0.6) is 5.75 Å². The molecule has 1 aromatic carbocycles. The van der Waals surface area contributed by atoms with Crippen LogP contribution < -0.4 is 14.4 Å². The van der Waals surface area contributed by atoms with E-state index in [1.807, 2.05) is 19.1 Å². The summed E-state index contributed by atoms with van der Waals surface area (Å²) >= 11 is 6.38. The van der Waals surface area contributed by atoms with Crippen molar-refractivity contribution in [2.75, 3.05) is 30.3 Å². The zero-order chi connectivity index (χ0) is 28.5. The number of carbonyl (C=O) groups excluding carboxylic acids is 1. The van der Waals surface area contributed by atoms with Gasteiger partial charge >= 0.3 is 0 Å². The Bertz CT molecular complexity index is 1320. The van der Waals surface area contributed by atoms with E-state index in [-0.39, 0.29) is 28.6 Å². The number of nitrogens with one attached hydrogen (secondary N) is 1. The van der Waals surface area contributed by atoms with Crippen molar-refractivity contribution in [1.29, 1.82) is 0 Å². The van der Waals surface area contributed by atoms with Crippen LogP contribution in [0.2, 0.25) is 0 Å². The van der Waals surface area contributed by atoms with Gasteiger partial charge in [0.1, 0.15) is 5.75 Å². The van der Waals surface area contributed by atoms with Crippen LogP contribution in [0.15, 0.2) is 53.1 Å². The Morgan fingerprint density at radius 3 is 2.75 bits per heavy atom. The number of benzene rings is 1. The third-order valence-electron chi connectivity index (χ3n) is 9.18. The molecule has 2 unspecified atom stereocenters. The molecule has 0 aromatic heterocycles. The Balaban J connectivity index is 1.52. The molecule has 9 heteroatoms. The molecule has 4 aliphatic rings. The van der Waals surface area contributed by atoms with Crippen molar-refractivity contribution in [3.05, 3.63) is 58.7 Å². The van der Waals surface area contributed by atoms with Crippen LogP contribution in [0.4, 0.5) is 5.69 Å². The van der Waals surface area contributed by atoms with Gasteiger partial charge < -0.3 is 14.7 Å². The molecule has 5 atom stereocenters. The summed E-state index contributed by atoms with van der Waals surface area (Å²) in [5.74, 6) is 0.607. The number of nitrogens with zero attached hydrogens (tertiary/aromatic N) is 1. The van der Waals surface area contributed by atoms with Crippen molar-refractivity contribution in [1.82, 2.24) is 4.72 Å². The van der Waals surface area contributed by atoms with Gasteiger partial charge in [0.15, 0.2) is 0 Å². The molecule has 2 heterocycles. The number of aliphatic hydroxyl groups is 1. The predicted octanol–water partition coefficient (Wildman–Crippen LogP) is 5.56. The van der Waals surface area contributed by atoms with Gasteiger partial charge in [0, 0.05) is 29.1 Å². The molecule has 218 valence electrons. The number of sulfonamides is 1. The first-order valence-corrected chi connectivity index (χ1v) is 16.5. The van der Waals surface area contributed by atoms with E-state index in [2.05, 4.69) is 28.7 Å². The monoisotopic (exact) mass is 588 g/mol. The van der Waals surface area contributed by atoms with Gasteiger partial charge in [-0.05, 0) is 87.5 Å². The molecule has 2 N–H and O–H groups in total. The minimum atomic E-state index is -3.80. The zero-order valence-electron chi connectivity index (χ0n) is 23.4. The molecule has 1 saturated carbocycles. The lowest BCUT2D eigenvalue weighted by Gasteiger charge is -2.43. The minimum absolute atomic E-state index is 0.153. The number of halogens is 1. The van der Waals surface area contributed by atoms with Crippen LogP contribution >= 0.6 is 11.6 Å². The largest absolute Gasteiger partial charge is 0.490 e. The molecule has 7 nitrogen and oxygen atoms in total. The molecule has 2 aliphatic carbocycles. The Kier molecular flexibility index (Phi) is 8.69. The van der Waals surface area contributed by atoms with Crippen LogP contribution in [0.25, 0.3) is 0 Å². The third-order valence-corrected chi connectivity index (χ3v) is 10.8. The molecule has 1 aromatic rings. The van der Waals surface area contributed by atoms with Crippen molar-refractivity contribution >= 4 is 33.2 Å². The smallest absolute Gasteiger partial charge is 0.264 e. The van der Waals surface area contributed by atoms with E-state index in [0.29, 0.717) is 31.1 Å². The van der Waals surface area contributed by atoms with E-state index in [0.717, 1.165) is 61.5 Å². The average Bonchev–Trinajstić information content (AvgIpc) is 2.89. The van der Waals surface area contributed by atoms with E-state index in [9.17, 15) is 18.3 Å². The van der Waals surface area contributed by atoms with Crippen molar-refractivity contribution in [3.63, 3.8) is 0 Å². The second-order valence-corrected chi connectivity index (χ2v) is 14.5. The number of hydrogen-bond donors (Lipinski definition) is 2. The first kappa shape index (κ1) is 29.2. The highest BCUT2D eigenvalue weighted by molar-refractivity contribution is 7.90. The van der Waals surface area contributed by atoms with Gasteiger partial charge in [0.2, 0.25) is 10.0 Å². The SMILES string of the molecule is CC1=C[C@H](O)[C@@H]2CC[C@H]2CN2CCCCC3C=C(Cl)C=CC3(C)COc3ccc(cc32)C(=O)NS(=O)(=O)CCC1. The van der Waals surface area contributed by atoms with E-state index in [1.54, 1.807) is 18.2 Å². The maximum absolute atomic E-state index is 13.1. The van der Waals surface area contributed by atoms with Gasteiger partial charge in [-0.15, -0.1) is 0 Å². The summed E-state index contributed by atoms with van der Waals surface area (Å²) < 4.78 is 34.2. The van der Waals surface area contributed by atoms with Crippen molar-refractivity contribution < 1.29 is 23.1 Å². The molecular weight excluding hydrogens is 548 g/mol. The van der Waals surface area contributed by atoms with Gasteiger partial charge in [-0.25, -0.2) is 13.1 Å². The lowest BCUT2D eigenvalue weighted by molar-refractivity contribution is 0.0457. The first-order valence-electron chi connectivity index (χ1n) is 14.5. The normalized spacial score (nSPS) is 33.0. The van der Waals surface area contributed by atoms with E-state index >= 15 is 0 Å². The van der Waals surface area contributed by atoms with Gasteiger partial charge in [0.05, 0.1) is 24.2 Å². The fourth-order valence-corrected chi connectivity index (χ4v) is 7.72. The van der Waals surface area contributed by atoms with Gasteiger partial charge in [-0.1, -0.05) is 48.7 Å². The second-order valence-electron chi connectivity index (χ2n) is 12.3. The highest BCUT2D eigenvalue weighted by atomic mass is 35.5. The molecule has 2 bridgehead atoms. The number of rotatable bonds is 0. The molecule has 1 fully saturated rings. The number of carbonyl (C=O) groups is 1. The van der Waals surface area contributed by atoms with Gasteiger partial charge in [-0.3, -0.25) is 4.79 Å². The molecule has 2 aliphatic heterocycles. The number of amides is 1. The van der Waals surface area contributed by atoms with Crippen molar-refractivity contribution in [2.45, 2.75) is 64.9 Å². The highest BCUT2D eigenvalue weighted by Gasteiger charge is 2.38. The van der Waals surface area contributed by atoms with Gasteiger partial charge in [-0.2, -0.15) is 0 Å². The van der Waals surface area contributed by atoms with Crippen LogP contribution in [0.3, 0.4) is 0 Å². The lowest BCUT2D eigenvalue weighted by Crippen LogP contribution is -2.43. The quantitative estimate of drug-likeness (QED) is 0.385. The Morgan fingerprint density at radius 2 is 1.98 bits per heavy atom. The standard InChI is InChI=1S/C31H41ClN2O5S/c1-21-6-5-15-40(37,38)33-30(36)22-9-11-29-27(17-22)34(19-23-8-10-26(23)28(35)16-21)14-4-3-7-24-18-25(32)12-13-31(24,2)20-39-29/h9,11-13,16-18,23-24,26,28,35H,3-8,10,14-15,19-20H2,1-2H3,(H,33,36)/t23-,24?,26+,28-,31?/m0/s1. The number of anilines is 1. The molecule has 5 rings (SSSR count). The molecular formula is C31H41ClN2O5S. The number of ether oxygens (including phenoxy) is 1. The van der Waals surface area contributed by atoms with Crippen LogP contribution in [0.1, 0.15) is 69.2 Å². The Morgan fingerprint density at radius 1 is 1.15 bits per heavy atom. The summed E-state index contributed by atoms with van der Waals surface area (Å²) in [7, 11) is -3.80. The Hall–Kier alpha value is -2.29. The first-order chi connectivity index (χ1) is 19.0. The van der Waals surface area contributed by atoms with Crippen LogP contribution in [0, 0.1) is 23.2 Å². The summed E-state index contributed by atoms with van der Waals surface area (Å²) in [4.78, 5) is 15.4. The zero-order valence-corrected chi connectivity index (χ0v) is 25.0. The topological polar surface area (TPSA) is 95.9 Å².